The van der Waals surface area contributed by atoms with E-state index in [9.17, 15) is 9.18 Å². The Labute approximate surface area is 191 Å². The van der Waals surface area contributed by atoms with Crippen LogP contribution in [0.15, 0.2) is 30.6 Å². The highest BCUT2D eigenvalue weighted by Gasteiger charge is 2.20. The standard InChI is InChI=1S/C23H28FN7O2/c1-14-28-19(22-27-13-31(30-22)12-15-3-6-17(25)7-4-15)10-20(29-14)23(32)26-11-16-5-8-18(24)21(9-16)33-2/h5,8-10,13,15,17H,3-4,6-7,11-12,25H2,1-2H3,(H,26,32). The van der Waals surface area contributed by atoms with Crippen LogP contribution >= 0.6 is 0 Å². The van der Waals surface area contributed by atoms with E-state index in [0.717, 1.165) is 32.2 Å². The van der Waals surface area contributed by atoms with Crippen LogP contribution in [-0.2, 0) is 13.1 Å². The SMILES string of the molecule is COc1cc(CNC(=O)c2cc(-c3ncn(CC4CCC(N)CC4)n3)nc(C)n2)ccc1F. The van der Waals surface area contributed by atoms with Crippen LogP contribution in [0.4, 0.5) is 4.39 Å². The van der Waals surface area contributed by atoms with Crippen molar-refractivity contribution in [3.05, 3.63) is 53.5 Å². The summed E-state index contributed by atoms with van der Waals surface area (Å²) < 4.78 is 20.4. The predicted molar refractivity (Wildman–Crippen MR) is 120 cm³/mol. The number of carbonyl (C=O) groups excluding carboxylic acids is 1. The van der Waals surface area contributed by atoms with E-state index < -0.39 is 5.82 Å². The lowest BCUT2D eigenvalue weighted by Crippen LogP contribution is -2.28. The predicted octanol–water partition coefficient (Wildman–Crippen LogP) is 2.64. The largest absolute Gasteiger partial charge is 0.494 e. The summed E-state index contributed by atoms with van der Waals surface area (Å²) in [5.74, 6) is 0.729. The molecule has 0 spiro atoms. The molecule has 3 N–H and O–H groups in total. The van der Waals surface area contributed by atoms with Gasteiger partial charge in [0, 0.05) is 19.1 Å². The van der Waals surface area contributed by atoms with Gasteiger partial charge in [-0.05, 0) is 62.3 Å². The van der Waals surface area contributed by atoms with Crippen LogP contribution < -0.4 is 15.8 Å². The fourth-order valence-electron chi connectivity index (χ4n) is 4.02. The molecule has 33 heavy (non-hydrogen) atoms. The number of aryl methyl sites for hydroxylation is 1. The Morgan fingerprint density at radius 3 is 2.79 bits per heavy atom. The molecule has 2 aromatic heterocycles. The van der Waals surface area contributed by atoms with Crippen molar-refractivity contribution in [2.24, 2.45) is 11.7 Å². The van der Waals surface area contributed by atoms with Gasteiger partial charge in [-0.2, -0.15) is 0 Å². The van der Waals surface area contributed by atoms with E-state index in [-0.39, 0.29) is 23.9 Å². The number of benzene rings is 1. The van der Waals surface area contributed by atoms with Crippen LogP contribution in [0.25, 0.3) is 11.5 Å². The molecule has 0 bridgehead atoms. The molecule has 1 aliphatic rings. The summed E-state index contributed by atoms with van der Waals surface area (Å²) in [5.41, 5.74) is 7.40. The van der Waals surface area contributed by atoms with E-state index >= 15 is 0 Å². The summed E-state index contributed by atoms with van der Waals surface area (Å²) in [4.78, 5) is 25.7. The number of methoxy groups -OCH3 is 1. The molecule has 0 atom stereocenters. The van der Waals surface area contributed by atoms with Crippen LogP contribution in [-0.4, -0.2) is 43.8 Å². The summed E-state index contributed by atoms with van der Waals surface area (Å²) in [6.45, 7) is 2.71. The first-order chi connectivity index (χ1) is 15.9. The highest BCUT2D eigenvalue weighted by atomic mass is 19.1. The molecule has 10 heteroatoms. The number of ether oxygens (including phenoxy) is 1. The first kappa shape index (κ1) is 22.8. The van der Waals surface area contributed by atoms with Crippen molar-refractivity contribution in [1.29, 1.82) is 0 Å². The third-order valence-electron chi connectivity index (χ3n) is 5.84. The van der Waals surface area contributed by atoms with Crippen molar-refractivity contribution < 1.29 is 13.9 Å². The third kappa shape index (κ3) is 5.70. The molecule has 9 nitrogen and oxygen atoms in total. The van der Waals surface area contributed by atoms with Gasteiger partial charge in [0.25, 0.3) is 5.91 Å². The summed E-state index contributed by atoms with van der Waals surface area (Å²) in [7, 11) is 1.39. The van der Waals surface area contributed by atoms with Gasteiger partial charge in [-0.15, -0.1) is 5.10 Å². The Kier molecular flexibility index (Phi) is 6.93. The first-order valence-electron chi connectivity index (χ1n) is 11.0. The Morgan fingerprint density at radius 2 is 2.03 bits per heavy atom. The van der Waals surface area contributed by atoms with Crippen molar-refractivity contribution in [2.75, 3.05) is 7.11 Å². The fourth-order valence-corrected chi connectivity index (χ4v) is 4.02. The highest BCUT2D eigenvalue weighted by molar-refractivity contribution is 5.93. The Bertz CT molecular complexity index is 1130. The number of amides is 1. The second kappa shape index (κ2) is 10.0. The zero-order valence-electron chi connectivity index (χ0n) is 18.8. The minimum atomic E-state index is -0.456. The van der Waals surface area contributed by atoms with Gasteiger partial charge in [-0.1, -0.05) is 6.07 Å². The summed E-state index contributed by atoms with van der Waals surface area (Å²) >= 11 is 0. The molecule has 4 rings (SSSR count). The van der Waals surface area contributed by atoms with Gasteiger partial charge in [0.1, 0.15) is 23.5 Å². The number of carbonyl (C=O) groups is 1. The number of hydrogen-bond donors (Lipinski definition) is 2. The molecule has 1 aliphatic carbocycles. The number of nitrogens with one attached hydrogen (secondary N) is 1. The normalized spacial score (nSPS) is 18.2. The molecule has 1 saturated carbocycles. The molecule has 174 valence electrons. The quantitative estimate of drug-likeness (QED) is 0.564. The topological polar surface area (TPSA) is 121 Å². The average molecular weight is 454 g/mol. The molecule has 2 heterocycles. The molecule has 0 aliphatic heterocycles. The Morgan fingerprint density at radius 1 is 1.24 bits per heavy atom. The van der Waals surface area contributed by atoms with Gasteiger partial charge in [-0.3, -0.25) is 9.48 Å². The van der Waals surface area contributed by atoms with Crippen LogP contribution in [0.1, 0.15) is 47.6 Å². The molecule has 1 amide bonds. The van der Waals surface area contributed by atoms with Crippen LogP contribution in [0.5, 0.6) is 5.75 Å². The van der Waals surface area contributed by atoms with Gasteiger partial charge in [-0.25, -0.2) is 19.3 Å². The van der Waals surface area contributed by atoms with E-state index in [2.05, 4.69) is 25.4 Å². The Balaban J connectivity index is 1.43. The highest BCUT2D eigenvalue weighted by Crippen LogP contribution is 2.25. The zero-order chi connectivity index (χ0) is 23.4. The van der Waals surface area contributed by atoms with Crippen LogP contribution in [0, 0.1) is 18.7 Å². The number of rotatable bonds is 7. The second-order valence-corrected chi connectivity index (χ2v) is 8.41. The van der Waals surface area contributed by atoms with Gasteiger partial charge < -0.3 is 15.8 Å². The summed E-state index contributed by atoms with van der Waals surface area (Å²) in [6.07, 6.45) is 5.96. The lowest BCUT2D eigenvalue weighted by Gasteiger charge is -2.25. The maximum atomic E-state index is 13.6. The lowest BCUT2D eigenvalue weighted by molar-refractivity contribution is 0.0945. The summed E-state index contributed by atoms with van der Waals surface area (Å²) in [5, 5.41) is 7.35. The van der Waals surface area contributed by atoms with E-state index in [1.165, 1.54) is 13.2 Å². The summed E-state index contributed by atoms with van der Waals surface area (Å²) in [6, 6.07) is 6.32. The van der Waals surface area contributed by atoms with Crippen LogP contribution in [0.3, 0.4) is 0 Å². The molecule has 0 saturated heterocycles. The maximum Gasteiger partial charge on any atom is 0.270 e. The number of nitrogens with two attached hydrogens (primary N) is 1. The number of aromatic nitrogens is 5. The fraction of sp³-hybridized carbons (Fsp3) is 0.435. The zero-order valence-corrected chi connectivity index (χ0v) is 18.8. The number of halogens is 1. The van der Waals surface area contributed by atoms with Crippen molar-refractivity contribution >= 4 is 5.91 Å². The first-order valence-corrected chi connectivity index (χ1v) is 11.0. The maximum absolute atomic E-state index is 13.6. The smallest absolute Gasteiger partial charge is 0.270 e. The average Bonchev–Trinajstić information content (AvgIpc) is 3.28. The van der Waals surface area contributed by atoms with Gasteiger partial charge in [0.2, 0.25) is 0 Å². The van der Waals surface area contributed by atoms with Crippen molar-refractivity contribution in [1.82, 2.24) is 30.0 Å². The van der Waals surface area contributed by atoms with Crippen molar-refractivity contribution in [3.8, 4) is 17.3 Å². The Hall–Kier alpha value is -3.40. The van der Waals surface area contributed by atoms with Crippen molar-refractivity contribution in [2.45, 2.75) is 51.7 Å². The molecule has 0 radical (unpaired) electrons. The van der Waals surface area contributed by atoms with E-state index in [4.69, 9.17) is 10.5 Å². The minimum Gasteiger partial charge on any atom is -0.494 e. The van der Waals surface area contributed by atoms with Crippen LogP contribution in [0.2, 0.25) is 0 Å². The monoisotopic (exact) mass is 453 g/mol. The van der Waals surface area contributed by atoms with E-state index in [1.54, 1.807) is 31.5 Å². The third-order valence-corrected chi connectivity index (χ3v) is 5.84. The van der Waals surface area contributed by atoms with Crippen molar-refractivity contribution in [3.63, 3.8) is 0 Å². The molecule has 3 aromatic rings. The van der Waals surface area contributed by atoms with Gasteiger partial charge in [0.05, 0.1) is 7.11 Å². The van der Waals surface area contributed by atoms with E-state index in [1.807, 2.05) is 4.68 Å². The number of nitrogens with zero attached hydrogens (tertiary/aromatic N) is 5. The van der Waals surface area contributed by atoms with Gasteiger partial charge >= 0.3 is 0 Å². The molecule has 0 unspecified atom stereocenters. The number of hydrogen-bond acceptors (Lipinski definition) is 7. The lowest BCUT2D eigenvalue weighted by atomic mass is 9.86. The minimum absolute atomic E-state index is 0.125. The second-order valence-electron chi connectivity index (χ2n) is 8.41. The molecular formula is C23H28FN7O2. The molecule has 1 aromatic carbocycles. The van der Waals surface area contributed by atoms with Gasteiger partial charge in [0.15, 0.2) is 17.4 Å². The van der Waals surface area contributed by atoms with E-state index in [0.29, 0.717) is 34.9 Å². The molecule has 1 fully saturated rings. The molecular weight excluding hydrogens is 425 g/mol.